The maximum atomic E-state index is 13.4. The van der Waals surface area contributed by atoms with E-state index in [-0.39, 0.29) is 17.3 Å². The zero-order valence-corrected chi connectivity index (χ0v) is 14.8. The van der Waals surface area contributed by atoms with Crippen LogP contribution in [0.25, 0.3) is 0 Å². The van der Waals surface area contributed by atoms with Crippen molar-refractivity contribution in [2.45, 2.75) is 25.9 Å². The molecule has 1 amide bonds. The van der Waals surface area contributed by atoms with Gasteiger partial charge in [-0.2, -0.15) is 0 Å². The van der Waals surface area contributed by atoms with Gasteiger partial charge in [-0.1, -0.05) is 18.2 Å². The van der Waals surface area contributed by atoms with Crippen LogP contribution in [0.1, 0.15) is 23.7 Å². The van der Waals surface area contributed by atoms with Gasteiger partial charge in [-0.05, 0) is 51.2 Å². The molecule has 0 fully saturated rings. The number of pyridine rings is 1. The summed E-state index contributed by atoms with van der Waals surface area (Å²) in [4.78, 5) is 26.1. The molecule has 0 bridgehead atoms. The predicted octanol–water partition coefficient (Wildman–Crippen LogP) is 2.11. The van der Waals surface area contributed by atoms with Crippen LogP contribution >= 0.6 is 0 Å². The van der Waals surface area contributed by atoms with Crippen molar-refractivity contribution in [3.05, 3.63) is 69.9 Å². The molecule has 0 unspecified atom stereocenters. The van der Waals surface area contributed by atoms with Crippen molar-refractivity contribution in [3.63, 3.8) is 0 Å². The summed E-state index contributed by atoms with van der Waals surface area (Å²) < 4.78 is 15.1. The lowest BCUT2D eigenvalue weighted by atomic mass is 10.1. The summed E-state index contributed by atoms with van der Waals surface area (Å²) in [7, 11) is 3.56. The van der Waals surface area contributed by atoms with Crippen molar-refractivity contribution in [2.24, 2.45) is 0 Å². The number of carbonyl (C=O) groups excluding carboxylic acids is 1. The van der Waals surface area contributed by atoms with Crippen LogP contribution < -0.4 is 10.9 Å². The number of amides is 1. The van der Waals surface area contributed by atoms with E-state index in [1.165, 1.54) is 18.2 Å². The quantitative estimate of drug-likeness (QED) is 0.782. The second-order valence-electron chi connectivity index (χ2n) is 6.22. The van der Waals surface area contributed by atoms with Crippen LogP contribution in [0.2, 0.25) is 0 Å². The standard InChI is InChI=1S/C19H24FN3O2/c1-14-7-4-10-17(24)23(14)12-6-11-21-19(25)18(22(2)3)15-8-5-9-16(20)13-15/h4-5,7-10,13,18H,6,11-12H2,1-3H3,(H,21,25)/t18-/m1/s1. The minimum absolute atomic E-state index is 0.0442. The number of rotatable bonds is 7. The lowest BCUT2D eigenvalue weighted by Gasteiger charge is -2.24. The second kappa shape index (κ2) is 8.58. The van der Waals surface area contributed by atoms with Crippen molar-refractivity contribution in [2.75, 3.05) is 20.6 Å². The Labute approximate surface area is 147 Å². The molecule has 0 saturated heterocycles. The molecule has 0 aliphatic heterocycles. The van der Waals surface area contributed by atoms with Gasteiger partial charge >= 0.3 is 0 Å². The molecule has 1 atom stereocenters. The largest absolute Gasteiger partial charge is 0.354 e. The summed E-state index contributed by atoms with van der Waals surface area (Å²) in [5.41, 5.74) is 1.46. The Bertz CT molecular complexity index is 786. The normalized spacial score (nSPS) is 12.2. The Morgan fingerprint density at radius 3 is 2.60 bits per heavy atom. The minimum atomic E-state index is -0.558. The summed E-state index contributed by atoms with van der Waals surface area (Å²) in [5, 5.41) is 2.87. The second-order valence-corrected chi connectivity index (χ2v) is 6.22. The Morgan fingerprint density at radius 1 is 1.24 bits per heavy atom. The first-order chi connectivity index (χ1) is 11.9. The summed E-state index contributed by atoms with van der Waals surface area (Å²) in [6, 6.07) is 10.6. The molecule has 2 aromatic rings. The number of halogens is 1. The van der Waals surface area contributed by atoms with E-state index in [0.717, 1.165) is 5.69 Å². The van der Waals surface area contributed by atoms with Gasteiger partial charge in [-0.25, -0.2) is 4.39 Å². The molecule has 6 heteroatoms. The van der Waals surface area contributed by atoms with Crippen LogP contribution in [0.3, 0.4) is 0 Å². The van der Waals surface area contributed by atoms with E-state index in [1.807, 2.05) is 13.0 Å². The molecule has 25 heavy (non-hydrogen) atoms. The first-order valence-electron chi connectivity index (χ1n) is 8.26. The number of aromatic nitrogens is 1. The number of likely N-dealkylation sites (N-methyl/N-ethyl adjacent to an activating group) is 1. The fourth-order valence-electron chi connectivity index (χ4n) is 2.82. The van der Waals surface area contributed by atoms with E-state index in [4.69, 9.17) is 0 Å². The average molecular weight is 345 g/mol. The van der Waals surface area contributed by atoms with Crippen LogP contribution in [-0.4, -0.2) is 36.0 Å². The highest BCUT2D eigenvalue weighted by molar-refractivity contribution is 5.83. The minimum Gasteiger partial charge on any atom is -0.354 e. The lowest BCUT2D eigenvalue weighted by Crippen LogP contribution is -2.38. The Morgan fingerprint density at radius 2 is 1.96 bits per heavy atom. The van der Waals surface area contributed by atoms with Gasteiger partial charge in [0.15, 0.2) is 0 Å². The summed E-state index contributed by atoms with van der Waals surface area (Å²) in [5.74, 6) is -0.552. The average Bonchev–Trinajstić information content (AvgIpc) is 2.53. The highest BCUT2D eigenvalue weighted by Gasteiger charge is 2.22. The van der Waals surface area contributed by atoms with Gasteiger partial charge in [0.25, 0.3) is 5.56 Å². The topological polar surface area (TPSA) is 54.3 Å². The molecule has 5 nitrogen and oxygen atoms in total. The van der Waals surface area contributed by atoms with Gasteiger partial charge in [0.05, 0.1) is 0 Å². The smallest absolute Gasteiger partial charge is 0.250 e. The third-order valence-electron chi connectivity index (χ3n) is 4.05. The maximum Gasteiger partial charge on any atom is 0.250 e. The van der Waals surface area contributed by atoms with E-state index in [2.05, 4.69) is 5.32 Å². The Kier molecular flexibility index (Phi) is 6.47. The van der Waals surface area contributed by atoms with Gasteiger partial charge in [0.1, 0.15) is 11.9 Å². The zero-order valence-electron chi connectivity index (χ0n) is 14.8. The number of carbonyl (C=O) groups is 1. The van der Waals surface area contributed by atoms with E-state index in [0.29, 0.717) is 25.1 Å². The van der Waals surface area contributed by atoms with E-state index < -0.39 is 6.04 Å². The first kappa shape index (κ1) is 18.9. The van der Waals surface area contributed by atoms with E-state index in [9.17, 15) is 14.0 Å². The summed E-state index contributed by atoms with van der Waals surface area (Å²) >= 11 is 0. The van der Waals surface area contributed by atoms with Crippen molar-refractivity contribution in [1.29, 1.82) is 0 Å². The van der Waals surface area contributed by atoms with Crippen molar-refractivity contribution >= 4 is 5.91 Å². The summed E-state index contributed by atoms with van der Waals surface area (Å²) in [6.45, 7) is 2.86. The maximum absolute atomic E-state index is 13.4. The van der Waals surface area contributed by atoms with Gasteiger partial charge in [0.2, 0.25) is 5.91 Å². The first-order valence-corrected chi connectivity index (χ1v) is 8.26. The van der Waals surface area contributed by atoms with Crippen LogP contribution in [0.4, 0.5) is 4.39 Å². The van der Waals surface area contributed by atoms with E-state index in [1.54, 1.807) is 41.8 Å². The van der Waals surface area contributed by atoms with Crippen LogP contribution in [0.5, 0.6) is 0 Å². The fraction of sp³-hybridized carbons (Fsp3) is 0.368. The Hall–Kier alpha value is -2.47. The molecule has 1 heterocycles. The van der Waals surface area contributed by atoms with Gasteiger partial charge in [-0.15, -0.1) is 0 Å². The molecule has 0 aliphatic carbocycles. The van der Waals surface area contributed by atoms with E-state index >= 15 is 0 Å². The third-order valence-corrected chi connectivity index (χ3v) is 4.05. The highest BCUT2D eigenvalue weighted by atomic mass is 19.1. The number of aryl methyl sites for hydroxylation is 1. The fourth-order valence-corrected chi connectivity index (χ4v) is 2.82. The molecular formula is C19H24FN3O2. The van der Waals surface area contributed by atoms with Crippen molar-refractivity contribution < 1.29 is 9.18 Å². The lowest BCUT2D eigenvalue weighted by molar-refractivity contribution is -0.125. The molecule has 2 rings (SSSR count). The summed E-state index contributed by atoms with van der Waals surface area (Å²) in [6.07, 6.45) is 0.639. The number of hydrogen-bond donors (Lipinski definition) is 1. The van der Waals surface area contributed by atoms with Gasteiger partial charge < -0.3 is 9.88 Å². The van der Waals surface area contributed by atoms with Gasteiger partial charge in [0, 0.05) is 24.8 Å². The highest BCUT2D eigenvalue weighted by Crippen LogP contribution is 2.19. The molecule has 1 aromatic carbocycles. The van der Waals surface area contributed by atoms with Crippen molar-refractivity contribution in [3.8, 4) is 0 Å². The predicted molar refractivity (Wildman–Crippen MR) is 95.9 cm³/mol. The van der Waals surface area contributed by atoms with Crippen molar-refractivity contribution in [1.82, 2.24) is 14.8 Å². The molecule has 0 radical (unpaired) electrons. The van der Waals surface area contributed by atoms with Crippen LogP contribution in [0.15, 0.2) is 47.3 Å². The molecule has 134 valence electrons. The Balaban J connectivity index is 1.95. The molecule has 0 saturated carbocycles. The van der Waals surface area contributed by atoms with Gasteiger partial charge in [-0.3, -0.25) is 14.5 Å². The number of nitrogens with zero attached hydrogens (tertiary/aromatic N) is 2. The molecule has 0 aliphatic rings. The number of hydrogen-bond acceptors (Lipinski definition) is 3. The molecule has 0 spiro atoms. The number of benzene rings is 1. The molecule has 1 aromatic heterocycles. The number of nitrogens with one attached hydrogen (secondary N) is 1. The zero-order chi connectivity index (χ0) is 18.4. The SMILES string of the molecule is Cc1cccc(=O)n1CCCNC(=O)[C@@H](c1cccc(F)c1)N(C)C. The molecular weight excluding hydrogens is 321 g/mol. The molecule has 1 N–H and O–H groups in total. The monoisotopic (exact) mass is 345 g/mol. The third kappa shape index (κ3) is 5.00. The van der Waals surface area contributed by atoms with Crippen LogP contribution in [0, 0.1) is 12.7 Å². The van der Waals surface area contributed by atoms with Crippen LogP contribution in [-0.2, 0) is 11.3 Å².